The second-order valence-electron chi connectivity index (χ2n) is 19.4. The summed E-state index contributed by atoms with van der Waals surface area (Å²) in [5.41, 5.74) is 20.7. The van der Waals surface area contributed by atoms with Gasteiger partial charge < -0.3 is 9.32 Å². The summed E-state index contributed by atoms with van der Waals surface area (Å²) >= 11 is 0. The number of rotatable bonds is 2. The number of para-hydroxylation sites is 2. The zero-order valence-corrected chi connectivity index (χ0v) is 35.3. The first-order chi connectivity index (χ1) is 28.3. The monoisotopic (exact) mass is 763 g/mol. The molecule has 1 aliphatic heterocycles. The molecular weight excluding hydrogens is 715 g/mol. The van der Waals surface area contributed by atoms with Crippen molar-refractivity contribution < 1.29 is 4.42 Å². The highest BCUT2D eigenvalue weighted by molar-refractivity contribution is 6.14. The van der Waals surface area contributed by atoms with Crippen molar-refractivity contribution in [3.8, 4) is 44.5 Å². The van der Waals surface area contributed by atoms with Gasteiger partial charge in [-0.25, -0.2) is 0 Å². The van der Waals surface area contributed by atoms with Crippen molar-refractivity contribution in [3.05, 3.63) is 174 Å². The Hall–Kier alpha value is -6.38. The van der Waals surface area contributed by atoms with E-state index in [-0.39, 0.29) is 16.2 Å². The molecule has 0 unspecified atom stereocenters. The number of hydrogen-bond acceptors (Lipinski definition) is 2. The first-order valence-corrected chi connectivity index (χ1v) is 21.1. The van der Waals surface area contributed by atoms with Crippen molar-refractivity contribution in [2.75, 3.05) is 4.90 Å². The van der Waals surface area contributed by atoms with Gasteiger partial charge in [-0.15, -0.1) is 0 Å². The highest BCUT2D eigenvalue weighted by Crippen LogP contribution is 2.61. The fraction of sp³-hybridized carbons (Fsp3) is 0.193. The van der Waals surface area contributed by atoms with E-state index in [2.05, 4.69) is 212 Å². The number of anilines is 3. The molecule has 0 bridgehead atoms. The van der Waals surface area contributed by atoms with Crippen molar-refractivity contribution in [2.24, 2.45) is 0 Å². The Labute approximate surface area is 347 Å². The molecule has 2 heteroatoms. The fourth-order valence-corrected chi connectivity index (χ4v) is 10.1. The molecule has 0 radical (unpaired) electrons. The molecular formula is C57H49NO. The zero-order valence-electron chi connectivity index (χ0n) is 35.3. The van der Waals surface area contributed by atoms with Crippen LogP contribution < -0.4 is 4.90 Å². The molecule has 0 saturated carbocycles. The lowest BCUT2D eigenvalue weighted by atomic mass is 9.74. The minimum atomic E-state index is -0.191. The Morgan fingerprint density at radius 3 is 2.02 bits per heavy atom. The van der Waals surface area contributed by atoms with E-state index >= 15 is 0 Å². The normalized spacial score (nSPS) is 14.2. The third-order valence-corrected chi connectivity index (χ3v) is 13.2. The van der Waals surface area contributed by atoms with E-state index in [4.69, 9.17) is 4.42 Å². The van der Waals surface area contributed by atoms with Gasteiger partial charge in [0.1, 0.15) is 11.2 Å². The molecule has 11 rings (SSSR count). The SMILES string of the molecule is CC(C)(C)c1cc(C(C)(C)C)c2c(c1)C(C)(C)c1ccc3c(c1-2)-c1ccccc1N(c1cccc(-c2ccc4ccccc4c2)c1)c1cc2oc4ccccc4c2cc1-3. The number of nitrogens with zero attached hydrogens (tertiary/aromatic N) is 1. The first kappa shape index (κ1) is 35.8. The van der Waals surface area contributed by atoms with Crippen LogP contribution in [0.1, 0.15) is 77.6 Å². The molecule has 9 aromatic rings. The second-order valence-corrected chi connectivity index (χ2v) is 19.4. The number of furan rings is 1. The average Bonchev–Trinajstić information content (AvgIpc) is 3.66. The van der Waals surface area contributed by atoms with Gasteiger partial charge in [-0.05, 0) is 114 Å². The van der Waals surface area contributed by atoms with Crippen LogP contribution in [0.4, 0.5) is 17.1 Å². The van der Waals surface area contributed by atoms with Gasteiger partial charge in [0, 0.05) is 39.1 Å². The molecule has 2 heterocycles. The summed E-state index contributed by atoms with van der Waals surface area (Å²) in [5, 5.41) is 4.75. The van der Waals surface area contributed by atoms with Gasteiger partial charge >= 0.3 is 0 Å². The summed E-state index contributed by atoms with van der Waals surface area (Å²) in [5.74, 6) is 0. The van der Waals surface area contributed by atoms with Crippen LogP contribution in [0.15, 0.2) is 156 Å². The van der Waals surface area contributed by atoms with Crippen molar-refractivity contribution in [1.82, 2.24) is 0 Å². The highest BCUT2D eigenvalue weighted by atomic mass is 16.3. The minimum Gasteiger partial charge on any atom is -0.456 e. The molecule has 2 aliphatic rings. The van der Waals surface area contributed by atoms with E-state index in [1.807, 2.05) is 0 Å². The van der Waals surface area contributed by atoms with Crippen molar-refractivity contribution in [2.45, 2.75) is 71.6 Å². The van der Waals surface area contributed by atoms with E-state index in [9.17, 15) is 0 Å². The van der Waals surface area contributed by atoms with Crippen LogP contribution in [-0.4, -0.2) is 0 Å². The first-order valence-electron chi connectivity index (χ1n) is 21.1. The zero-order chi connectivity index (χ0) is 40.6. The van der Waals surface area contributed by atoms with Crippen LogP contribution in [0.25, 0.3) is 77.2 Å². The fourth-order valence-electron chi connectivity index (χ4n) is 10.1. The third-order valence-electron chi connectivity index (χ3n) is 13.2. The smallest absolute Gasteiger partial charge is 0.137 e. The predicted octanol–water partition coefficient (Wildman–Crippen LogP) is 16.4. The summed E-state index contributed by atoms with van der Waals surface area (Å²) in [6.45, 7) is 19.1. The van der Waals surface area contributed by atoms with Gasteiger partial charge in [-0.2, -0.15) is 0 Å². The molecule has 0 atom stereocenters. The van der Waals surface area contributed by atoms with E-state index < -0.39 is 0 Å². The molecule has 0 fully saturated rings. The average molecular weight is 764 g/mol. The van der Waals surface area contributed by atoms with Gasteiger partial charge in [0.15, 0.2) is 0 Å². The number of hydrogen-bond donors (Lipinski definition) is 0. The van der Waals surface area contributed by atoms with Crippen LogP contribution in [0.3, 0.4) is 0 Å². The molecule has 0 spiro atoms. The maximum absolute atomic E-state index is 6.67. The molecule has 0 N–H and O–H groups in total. The third kappa shape index (κ3) is 5.32. The predicted molar refractivity (Wildman–Crippen MR) is 251 cm³/mol. The van der Waals surface area contributed by atoms with Crippen LogP contribution in [0, 0.1) is 0 Å². The van der Waals surface area contributed by atoms with Crippen molar-refractivity contribution in [1.29, 1.82) is 0 Å². The topological polar surface area (TPSA) is 16.4 Å². The van der Waals surface area contributed by atoms with E-state index in [0.29, 0.717) is 0 Å². The van der Waals surface area contributed by atoms with Gasteiger partial charge in [-0.3, -0.25) is 0 Å². The van der Waals surface area contributed by atoms with Crippen LogP contribution in [0.2, 0.25) is 0 Å². The molecule has 0 amide bonds. The Balaban J connectivity index is 1.25. The number of fused-ring (bicyclic) bond motifs is 13. The summed E-state index contributed by atoms with van der Waals surface area (Å²) in [6.07, 6.45) is 0. The lowest BCUT2D eigenvalue weighted by molar-refractivity contribution is 0.564. The maximum atomic E-state index is 6.67. The Bertz CT molecular complexity index is 3210. The standard InChI is InChI=1S/C57H49NO/c1-55(2,3)38-30-46(56(4,5)6)53-47(31-38)57(7,8)45-27-26-41-43-32-44-40-20-12-14-23-50(40)59-51(44)33-49(43)58(48-22-13-11-21-42(48)52(41)54(45)53)39-19-15-18-36(29-39)37-25-24-34-16-9-10-17-35(34)28-37/h9-33H,1-8H3. The molecule has 2 nitrogen and oxygen atoms in total. The van der Waals surface area contributed by atoms with Gasteiger partial charge in [0.25, 0.3) is 0 Å². The Morgan fingerprint density at radius 1 is 0.458 bits per heavy atom. The molecule has 1 aliphatic carbocycles. The maximum Gasteiger partial charge on any atom is 0.137 e. The van der Waals surface area contributed by atoms with Crippen LogP contribution in [0.5, 0.6) is 0 Å². The second kappa shape index (κ2) is 12.3. The molecule has 288 valence electrons. The minimum absolute atomic E-state index is 0.0168. The summed E-state index contributed by atoms with van der Waals surface area (Å²) in [7, 11) is 0. The van der Waals surface area contributed by atoms with Gasteiger partial charge in [-0.1, -0.05) is 165 Å². The summed E-state index contributed by atoms with van der Waals surface area (Å²) in [4.78, 5) is 2.49. The molecule has 8 aromatic carbocycles. The number of benzene rings is 8. The molecule has 59 heavy (non-hydrogen) atoms. The van der Waals surface area contributed by atoms with Crippen molar-refractivity contribution >= 4 is 49.8 Å². The van der Waals surface area contributed by atoms with E-state index in [0.717, 1.165) is 39.0 Å². The highest BCUT2D eigenvalue weighted by Gasteiger charge is 2.43. The van der Waals surface area contributed by atoms with Crippen LogP contribution >= 0.6 is 0 Å². The summed E-state index contributed by atoms with van der Waals surface area (Å²) in [6, 6.07) is 56.6. The van der Waals surface area contributed by atoms with Gasteiger partial charge in [0.05, 0.1) is 11.4 Å². The largest absolute Gasteiger partial charge is 0.456 e. The van der Waals surface area contributed by atoms with E-state index in [1.54, 1.807) is 0 Å². The summed E-state index contributed by atoms with van der Waals surface area (Å²) < 4.78 is 6.67. The molecule has 1 aromatic heterocycles. The lowest BCUT2D eigenvalue weighted by Gasteiger charge is -2.30. The van der Waals surface area contributed by atoms with Gasteiger partial charge in [0.2, 0.25) is 0 Å². The van der Waals surface area contributed by atoms with Crippen molar-refractivity contribution in [3.63, 3.8) is 0 Å². The van der Waals surface area contributed by atoms with E-state index in [1.165, 1.54) is 77.5 Å². The quantitative estimate of drug-likeness (QED) is 0.174. The lowest BCUT2D eigenvalue weighted by Crippen LogP contribution is -2.21. The Morgan fingerprint density at radius 2 is 1.20 bits per heavy atom. The molecule has 0 saturated heterocycles. The Kier molecular flexibility index (Phi) is 7.47. The van der Waals surface area contributed by atoms with Crippen LogP contribution in [-0.2, 0) is 16.2 Å².